The summed E-state index contributed by atoms with van der Waals surface area (Å²) in [5, 5.41) is 9.16. The molecule has 0 spiro atoms. The monoisotopic (exact) mass is 229 g/mol. The second-order valence-corrected chi connectivity index (χ2v) is 4.68. The summed E-state index contributed by atoms with van der Waals surface area (Å²) in [6.45, 7) is 1.29. The second-order valence-electron chi connectivity index (χ2n) is 4.68. The molecule has 0 saturated carbocycles. The van der Waals surface area contributed by atoms with Crippen LogP contribution in [-0.2, 0) is 17.6 Å². The normalized spacial score (nSPS) is 19.0. The maximum Gasteiger partial charge on any atom is 0.145 e. The molecule has 0 bridgehead atoms. The van der Waals surface area contributed by atoms with Gasteiger partial charge in [0.25, 0.3) is 0 Å². The summed E-state index contributed by atoms with van der Waals surface area (Å²) in [6.07, 6.45) is 4.71. The van der Waals surface area contributed by atoms with Crippen LogP contribution in [-0.4, -0.2) is 19.3 Å². The van der Waals surface area contributed by atoms with Crippen LogP contribution in [0.2, 0.25) is 0 Å². The maximum atomic E-state index is 9.16. The van der Waals surface area contributed by atoms with E-state index >= 15 is 0 Å². The second kappa shape index (κ2) is 4.38. The Hall–Kier alpha value is -1.53. The van der Waals surface area contributed by atoms with Crippen molar-refractivity contribution in [2.45, 2.75) is 31.8 Å². The van der Waals surface area contributed by atoms with Gasteiger partial charge < -0.3 is 9.47 Å². The summed E-state index contributed by atoms with van der Waals surface area (Å²) in [5.41, 5.74) is 3.27. The van der Waals surface area contributed by atoms with Gasteiger partial charge in [0.1, 0.15) is 17.9 Å². The van der Waals surface area contributed by atoms with Gasteiger partial charge in [-0.2, -0.15) is 5.26 Å². The quantitative estimate of drug-likeness (QED) is 0.780. The Labute approximate surface area is 101 Å². The zero-order valence-corrected chi connectivity index (χ0v) is 9.74. The Morgan fingerprint density at radius 2 is 2.06 bits per heavy atom. The molecule has 17 heavy (non-hydrogen) atoms. The van der Waals surface area contributed by atoms with Gasteiger partial charge in [0, 0.05) is 0 Å². The number of nitrogens with zero attached hydrogens (tertiary/aromatic N) is 1. The van der Waals surface area contributed by atoms with Crippen molar-refractivity contribution in [3.8, 4) is 11.8 Å². The van der Waals surface area contributed by atoms with E-state index in [2.05, 4.69) is 12.1 Å². The highest BCUT2D eigenvalue weighted by atomic mass is 16.6. The molecular weight excluding hydrogens is 214 g/mol. The van der Waals surface area contributed by atoms with Crippen molar-refractivity contribution in [1.82, 2.24) is 0 Å². The highest BCUT2D eigenvalue weighted by molar-refractivity contribution is 5.53. The van der Waals surface area contributed by atoms with Gasteiger partial charge in [0.15, 0.2) is 0 Å². The molecule has 1 aromatic rings. The van der Waals surface area contributed by atoms with Gasteiger partial charge in [-0.25, -0.2) is 0 Å². The summed E-state index contributed by atoms with van der Waals surface area (Å²) >= 11 is 0. The number of aryl methyl sites for hydroxylation is 1. The van der Waals surface area contributed by atoms with E-state index in [9.17, 15) is 0 Å². The molecule has 0 unspecified atom stereocenters. The zero-order chi connectivity index (χ0) is 11.7. The Balaban J connectivity index is 1.99. The van der Waals surface area contributed by atoms with Crippen molar-refractivity contribution < 1.29 is 9.47 Å². The third kappa shape index (κ3) is 1.89. The smallest absolute Gasteiger partial charge is 0.145 e. The maximum absolute atomic E-state index is 9.16. The molecule has 1 heterocycles. The van der Waals surface area contributed by atoms with Crippen molar-refractivity contribution in [3.05, 3.63) is 28.8 Å². The summed E-state index contributed by atoms with van der Waals surface area (Å²) in [7, 11) is 0. The molecule has 3 nitrogen and oxygen atoms in total. The molecule has 3 rings (SSSR count). The molecule has 1 aliphatic heterocycles. The van der Waals surface area contributed by atoms with Crippen LogP contribution in [0.15, 0.2) is 12.1 Å². The van der Waals surface area contributed by atoms with Gasteiger partial charge in [0.2, 0.25) is 0 Å². The lowest BCUT2D eigenvalue weighted by atomic mass is 9.89. The van der Waals surface area contributed by atoms with Crippen molar-refractivity contribution in [2.75, 3.05) is 13.2 Å². The standard InChI is InChI=1S/C14H15NO2/c15-7-11-6-5-10-3-1-2-4-13(10)14(11)17-12-8-16-9-12/h5-6,12H,1-4,8-9H2. The number of rotatable bonds is 2. The largest absolute Gasteiger partial charge is 0.484 e. The Morgan fingerprint density at radius 1 is 1.24 bits per heavy atom. The SMILES string of the molecule is N#Cc1ccc2c(c1OC1COC1)CCCC2. The minimum Gasteiger partial charge on any atom is -0.484 e. The zero-order valence-electron chi connectivity index (χ0n) is 9.74. The Kier molecular flexibility index (Phi) is 2.74. The van der Waals surface area contributed by atoms with Crippen LogP contribution < -0.4 is 4.74 Å². The minimum absolute atomic E-state index is 0.135. The van der Waals surface area contributed by atoms with Crippen LogP contribution >= 0.6 is 0 Å². The summed E-state index contributed by atoms with van der Waals surface area (Å²) in [5.74, 6) is 0.818. The van der Waals surface area contributed by atoms with Gasteiger partial charge in [0.05, 0.1) is 18.8 Å². The lowest BCUT2D eigenvalue weighted by molar-refractivity contribution is -0.0801. The Bertz CT molecular complexity index is 472. The van der Waals surface area contributed by atoms with Crippen molar-refractivity contribution in [2.24, 2.45) is 0 Å². The van der Waals surface area contributed by atoms with Gasteiger partial charge in [-0.05, 0) is 42.9 Å². The molecule has 3 heteroatoms. The van der Waals surface area contributed by atoms with Crippen LogP contribution in [0, 0.1) is 11.3 Å². The van der Waals surface area contributed by atoms with E-state index in [1.807, 2.05) is 6.07 Å². The number of ether oxygens (including phenoxy) is 2. The molecule has 1 saturated heterocycles. The molecule has 0 amide bonds. The first kappa shape index (κ1) is 10.6. The molecule has 0 radical (unpaired) electrons. The van der Waals surface area contributed by atoms with E-state index in [0.717, 1.165) is 18.6 Å². The molecule has 0 aromatic heterocycles. The molecular formula is C14H15NO2. The predicted molar refractivity (Wildman–Crippen MR) is 63.0 cm³/mol. The summed E-state index contributed by atoms with van der Waals surface area (Å²) < 4.78 is 11.0. The number of hydrogen-bond acceptors (Lipinski definition) is 3. The highest BCUT2D eigenvalue weighted by Gasteiger charge is 2.25. The van der Waals surface area contributed by atoms with Crippen LogP contribution in [0.4, 0.5) is 0 Å². The molecule has 2 aliphatic rings. The first-order valence-electron chi connectivity index (χ1n) is 6.18. The average molecular weight is 229 g/mol. The fourth-order valence-corrected chi connectivity index (χ4v) is 2.47. The summed E-state index contributed by atoms with van der Waals surface area (Å²) in [6, 6.07) is 6.20. The topological polar surface area (TPSA) is 42.2 Å². The van der Waals surface area contributed by atoms with E-state index in [4.69, 9.17) is 14.7 Å². The predicted octanol–water partition coefficient (Wildman–Crippen LogP) is 2.21. The lowest BCUT2D eigenvalue weighted by Gasteiger charge is -2.29. The summed E-state index contributed by atoms with van der Waals surface area (Å²) in [4.78, 5) is 0. The van der Waals surface area contributed by atoms with E-state index in [1.165, 1.54) is 24.0 Å². The fraction of sp³-hybridized carbons (Fsp3) is 0.500. The van der Waals surface area contributed by atoms with Crippen molar-refractivity contribution in [3.63, 3.8) is 0 Å². The van der Waals surface area contributed by atoms with E-state index < -0.39 is 0 Å². The first-order valence-corrected chi connectivity index (χ1v) is 6.18. The van der Waals surface area contributed by atoms with Crippen LogP contribution in [0.5, 0.6) is 5.75 Å². The minimum atomic E-state index is 0.135. The fourth-order valence-electron chi connectivity index (χ4n) is 2.47. The van der Waals surface area contributed by atoms with Crippen molar-refractivity contribution >= 4 is 0 Å². The molecule has 88 valence electrons. The van der Waals surface area contributed by atoms with Crippen LogP contribution in [0.3, 0.4) is 0 Å². The lowest BCUT2D eigenvalue weighted by Crippen LogP contribution is -2.39. The number of nitriles is 1. The van der Waals surface area contributed by atoms with Gasteiger partial charge in [-0.15, -0.1) is 0 Å². The highest BCUT2D eigenvalue weighted by Crippen LogP contribution is 2.33. The molecule has 0 atom stereocenters. The first-order chi connectivity index (χ1) is 8.38. The number of fused-ring (bicyclic) bond motifs is 1. The van der Waals surface area contributed by atoms with Gasteiger partial charge in [-0.1, -0.05) is 6.07 Å². The van der Waals surface area contributed by atoms with Gasteiger partial charge >= 0.3 is 0 Å². The van der Waals surface area contributed by atoms with Crippen LogP contribution in [0.25, 0.3) is 0 Å². The van der Waals surface area contributed by atoms with Crippen molar-refractivity contribution in [1.29, 1.82) is 5.26 Å². The number of benzene rings is 1. The van der Waals surface area contributed by atoms with E-state index in [-0.39, 0.29) is 6.10 Å². The van der Waals surface area contributed by atoms with E-state index in [1.54, 1.807) is 0 Å². The van der Waals surface area contributed by atoms with Gasteiger partial charge in [-0.3, -0.25) is 0 Å². The third-order valence-corrected chi connectivity index (χ3v) is 3.49. The number of hydrogen-bond donors (Lipinski definition) is 0. The molecule has 1 aliphatic carbocycles. The average Bonchev–Trinajstić information content (AvgIpc) is 2.33. The van der Waals surface area contributed by atoms with E-state index in [0.29, 0.717) is 18.8 Å². The molecule has 1 aromatic carbocycles. The molecule has 0 N–H and O–H groups in total. The Morgan fingerprint density at radius 3 is 2.76 bits per heavy atom. The third-order valence-electron chi connectivity index (χ3n) is 3.49. The molecule has 1 fully saturated rings. The van der Waals surface area contributed by atoms with Crippen LogP contribution in [0.1, 0.15) is 29.5 Å².